The Morgan fingerprint density at radius 2 is 1.89 bits per heavy atom. The summed E-state index contributed by atoms with van der Waals surface area (Å²) in [6, 6.07) is 10.4. The fourth-order valence-corrected chi connectivity index (χ4v) is 3.87. The minimum atomic E-state index is -0.280. The maximum absolute atomic E-state index is 13.0. The maximum atomic E-state index is 13.0. The number of carbonyl (C=O) groups excluding carboxylic acids is 1. The molecule has 2 aromatic heterocycles. The van der Waals surface area contributed by atoms with Crippen LogP contribution in [0, 0.1) is 5.82 Å². The number of benzene rings is 1. The standard InChI is InChI=1S/C20H20FN5OS/c1-25(12-14-2-4-16(21)5-3-14)18(27)13-28-20-24-23-19(26(20)17-6-7-17)15-8-10-22-11-9-15/h2-5,8-11,17H,6-7,12-13H2,1H3. The smallest absolute Gasteiger partial charge is 0.233 e. The van der Waals surface area contributed by atoms with E-state index in [1.807, 2.05) is 12.1 Å². The Balaban J connectivity index is 1.42. The summed E-state index contributed by atoms with van der Waals surface area (Å²) >= 11 is 1.40. The summed E-state index contributed by atoms with van der Waals surface area (Å²) in [5.74, 6) is 0.807. The molecule has 6 nitrogen and oxygen atoms in total. The van der Waals surface area contributed by atoms with Gasteiger partial charge in [-0.2, -0.15) is 0 Å². The minimum Gasteiger partial charge on any atom is -0.341 e. The number of rotatable bonds is 7. The van der Waals surface area contributed by atoms with Crippen LogP contribution >= 0.6 is 11.8 Å². The van der Waals surface area contributed by atoms with Crippen molar-refractivity contribution in [2.24, 2.45) is 0 Å². The first-order chi connectivity index (χ1) is 13.6. The van der Waals surface area contributed by atoms with E-state index >= 15 is 0 Å². The van der Waals surface area contributed by atoms with Crippen LogP contribution in [-0.2, 0) is 11.3 Å². The van der Waals surface area contributed by atoms with E-state index in [2.05, 4.69) is 19.7 Å². The summed E-state index contributed by atoms with van der Waals surface area (Å²) < 4.78 is 15.2. The molecule has 1 fully saturated rings. The predicted octanol–water partition coefficient (Wildman–Crippen LogP) is 3.56. The molecule has 0 spiro atoms. The van der Waals surface area contributed by atoms with Gasteiger partial charge in [0.1, 0.15) is 5.82 Å². The van der Waals surface area contributed by atoms with Crippen molar-refractivity contribution in [3.8, 4) is 11.4 Å². The maximum Gasteiger partial charge on any atom is 0.233 e. The SMILES string of the molecule is CN(Cc1ccc(F)cc1)C(=O)CSc1nnc(-c2ccncc2)n1C1CC1. The number of amides is 1. The zero-order valence-electron chi connectivity index (χ0n) is 15.5. The molecule has 0 radical (unpaired) electrons. The van der Waals surface area contributed by atoms with Gasteiger partial charge in [-0.05, 0) is 42.7 Å². The van der Waals surface area contributed by atoms with Crippen LogP contribution in [0.15, 0.2) is 53.9 Å². The molecule has 1 aliphatic rings. The molecule has 0 bridgehead atoms. The van der Waals surface area contributed by atoms with E-state index in [-0.39, 0.29) is 17.5 Å². The molecular weight excluding hydrogens is 377 g/mol. The highest BCUT2D eigenvalue weighted by Gasteiger charge is 2.30. The van der Waals surface area contributed by atoms with Gasteiger partial charge in [-0.15, -0.1) is 10.2 Å². The number of hydrogen-bond donors (Lipinski definition) is 0. The Morgan fingerprint density at radius 1 is 1.18 bits per heavy atom. The Morgan fingerprint density at radius 3 is 2.57 bits per heavy atom. The summed E-state index contributed by atoms with van der Waals surface area (Å²) in [7, 11) is 1.75. The summed E-state index contributed by atoms with van der Waals surface area (Å²) in [6.07, 6.45) is 5.67. The third-order valence-electron chi connectivity index (χ3n) is 4.60. The normalized spacial score (nSPS) is 13.5. The van der Waals surface area contributed by atoms with Crippen LogP contribution in [-0.4, -0.2) is 43.4 Å². The van der Waals surface area contributed by atoms with Crippen LogP contribution in [0.3, 0.4) is 0 Å². The van der Waals surface area contributed by atoms with Crippen molar-refractivity contribution >= 4 is 17.7 Å². The van der Waals surface area contributed by atoms with Crippen molar-refractivity contribution in [3.63, 3.8) is 0 Å². The first-order valence-corrected chi connectivity index (χ1v) is 10.1. The van der Waals surface area contributed by atoms with Crippen LogP contribution in [0.25, 0.3) is 11.4 Å². The highest BCUT2D eigenvalue weighted by Crippen LogP contribution is 2.40. The third-order valence-corrected chi connectivity index (χ3v) is 5.53. The molecule has 1 aromatic carbocycles. The highest BCUT2D eigenvalue weighted by atomic mass is 32.2. The Bertz CT molecular complexity index is 956. The number of halogens is 1. The number of thioether (sulfide) groups is 1. The van der Waals surface area contributed by atoms with E-state index in [0.29, 0.717) is 12.6 Å². The summed E-state index contributed by atoms with van der Waals surface area (Å²) in [4.78, 5) is 18.2. The lowest BCUT2D eigenvalue weighted by atomic mass is 10.2. The molecule has 1 aliphatic carbocycles. The molecule has 0 atom stereocenters. The van der Waals surface area contributed by atoms with Crippen LogP contribution in [0.1, 0.15) is 24.4 Å². The van der Waals surface area contributed by atoms with Gasteiger partial charge in [-0.1, -0.05) is 23.9 Å². The lowest BCUT2D eigenvalue weighted by molar-refractivity contribution is -0.127. The molecule has 0 aliphatic heterocycles. The van der Waals surface area contributed by atoms with Gasteiger partial charge in [-0.3, -0.25) is 14.3 Å². The van der Waals surface area contributed by atoms with E-state index in [4.69, 9.17) is 0 Å². The molecule has 2 heterocycles. The Hall–Kier alpha value is -2.74. The van der Waals surface area contributed by atoms with Crippen LogP contribution in [0.4, 0.5) is 4.39 Å². The molecule has 144 valence electrons. The van der Waals surface area contributed by atoms with E-state index < -0.39 is 0 Å². The van der Waals surface area contributed by atoms with E-state index in [1.165, 1.54) is 23.9 Å². The zero-order valence-corrected chi connectivity index (χ0v) is 16.3. The van der Waals surface area contributed by atoms with Gasteiger partial charge in [0.05, 0.1) is 5.75 Å². The first-order valence-electron chi connectivity index (χ1n) is 9.08. The largest absolute Gasteiger partial charge is 0.341 e. The van der Waals surface area contributed by atoms with E-state index in [9.17, 15) is 9.18 Å². The number of carbonyl (C=O) groups is 1. The molecule has 1 amide bonds. The molecule has 3 aromatic rings. The third kappa shape index (κ3) is 4.22. The molecule has 1 saturated carbocycles. The van der Waals surface area contributed by atoms with Crippen LogP contribution in [0.2, 0.25) is 0 Å². The fourth-order valence-electron chi connectivity index (χ4n) is 2.92. The second-order valence-electron chi connectivity index (χ2n) is 6.81. The lowest BCUT2D eigenvalue weighted by Gasteiger charge is -2.17. The van der Waals surface area contributed by atoms with Crippen molar-refractivity contribution < 1.29 is 9.18 Å². The predicted molar refractivity (Wildman–Crippen MR) is 105 cm³/mol. The summed E-state index contributed by atoms with van der Waals surface area (Å²) in [6.45, 7) is 0.442. The van der Waals surface area contributed by atoms with Gasteiger partial charge in [-0.25, -0.2) is 4.39 Å². The molecule has 8 heteroatoms. The number of pyridine rings is 1. The Labute approximate surface area is 166 Å². The first kappa shape index (κ1) is 18.6. The zero-order chi connectivity index (χ0) is 19.5. The van der Waals surface area contributed by atoms with Crippen LogP contribution in [0.5, 0.6) is 0 Å². The summed E-state index contributed by atoms with van der Waals surface area (Å²) in [5, 5.41) is 9.43. The molecule has 4 rings (SSSR count). The van der Waals surface area contributed by atoms with Gasteiger partial charge >= 0.3 is 0 Å². The summed E-state index contributed by atoms with van der Waals surface area (Å²) in [5.41, 5.74) is 1.87. The molecule has 0 saturated heterocycles. The Kier molecular flexibility index (Phi) is 5.38. The van der Waals surface area contributed by atoms with Crippen molar-refractivity contribution in [3.05, 3.63) is 60.2 Å². The number of hydrogen-bond acceptors (Lipinski definition) is 5. The highest BCUT2D eigenvalue weighted by molar-refractivity contribution is 7.99. The average molecular weight is 397 g/mol. The van der Waals surface area contributed by atoms with E-state index in [1.54, 1.807) is 36.5 Å². The average Bonchev–Trinajstić information content (AvgIpc) is 3.47. The molecule has 28 heavy (non-hydrogen) atoms. The van der Waals surface area contributed by atoms with Crippen molar-refractivity contribution in [1.82, 2.24) is 24.6 Å². The topological polar surface area (TPSA) is 63.9 Å². The number of nitrogens with zero attached hydrogens (tertiary/aromatic N) is 5. The van der Waals surface area contributed by atoms with Gasteiger partial charge < -0.3 is 4.90 Å². The van der Waals surface area contributed by atoms with Gasteiger partial charge in [0.2, 0.25) is 5.91 Å². The monoisotopic (exact) mass is 397 g/mol. The second-order valence-corrected chi connectivity index (χ2v) is 7.75. The fraction of sp³-hybridized carbons (Fsp3) is 0.300. The number of aromatic nitrogens is 4. The molecular formula is C20H20FN5OS. The van der Waals surface area contributed by atoms with E-state index in [0.717, 1.165) is 34.9 Å². The van der Waals surface area contributed by atoms with Gasteiger partial charge in [0, 0.05) is 37.6 Å². The van der Waals surface area contributed by atoms with Crippen molar-refractivity contribution in [2.45, 2.75) is 30.6 Å². The van der Waals surface area contributed by atoms with Crippen LogP contribution < -0.4 is 0 Å². The lowest BCUT2D eigenvalue weighted by Crippen LogP contribution is -2.27. The van der Waals surface area contributed by atoms with Gasteiger partial charge in [0.25, 0.3) is 0 Å². The second kappa shape index (κ2) is 8.10. The quantitative estimate of drug-likeness (QED) is 0.571. The molecule has 0 N–H and O–H groups in total. The van der Waals surface area contributed by atoms with Crippen molar-refractivity contribution in [1.29, 1.82) is 0 Å². The van der Waals surface area contributed by atoms with Crippen molar-refractivity contribution in [2.75, 3.05) is 12.8 Å². The molecule has 0 unspecified atom stereocenters. The minimum absolute atomic E-state index is 0.00914. The van der Waals surface area contributed by atoms with Gasteiger partial charge in [0.15, 0.2) is 11.0 Å².